The summed E-state index contributed by atoms with van der Waals surface area (Å²) in [4.78, 5) is 2.18. The van der Waals surface area contributed by atoms with Crippen LogP contribution in [-0.2, 0) is 11.3 Å². The normalized spacial score (nSPS) is 17.7. The van der Waals surface area contributed by atoms with Crippen LogP contribution in [0.2, 0.25) is 0 Å². The molecule has 1 aliphatic rings. The zero-order valence-electron chi connectivity index (χ0n) is 10.4. The fourth-order valence-corrected chi connectivity index (χ4v) is 2.52. The molecule has 1 atom stereocenters. The lowest BCUT2D eigenvalue weighted by molar-refractivity contribution is 0.0348. The molecule has 0 amide bonds. The number of ether oxygens (including phenoxy) is 2. The zero-order chi connectivity index (χ0) is 13.0. The summed E-state index contributed by atoms with van der Waals surface area (Å²) in [6, 6.07) is 6.03. The number of aliphatic hydroxyl groups excluding tert-OH is 1. The van der Waals surface area contributed by atoms with Gasteiger partial charge in [0.05, 0.1) is 12.7 Å². The van der Waals surface area contributed by atoms with Gasteiger partial charge in [-0.15, -0.1) is 0 Å². The smallest absolute Gasteiger partial charge is 0.123 e. The highest BCUT2D eigenvalue weighted by atomic mass is 79.9. The van der Waals surface area contributed by atoms with E-state index in [1.165, 1.54) is 0 Å². The van der Waals surface area contributed by atoms with E-state index in [-0.39, 0.29) is 0 Å². The molecule has 0 fully saturated rings. The predicted molar refractivity (Wildman–Crippen MR) is 72.8 cm³/mol. The summed E-state index contributed by atoms with van der Waals surface area (Å²) in [5, 5.41) is 9.78. The van der Waals surface area contributed by atoms with Gasteiger partial charge in [0.25, 0.3) is 0 Å². The summed E-state index contributed by atoms with van der Waals surface area (Å²) in [6.45, 7) is 3.21. The molecule has 1 heterocycles. The highest BCUT2D eigenvalue weighted by Gasteiger charge is 2.18. The number of methoxy groups -OCH3 is 1. The quantitative estimate of drug-likeness (QED) is 0.917. The molecule has 2 rings (SSSR count). The summed E-state index contributed by atoms with van der Waals surface area (Å²) in [7, 11) is 1.60. The van der Waals surface area contributed by atoms with Crippen molar-refractivity contribution in [1.82, 2.24) is 4.90 Å². The van der Waals surface area contributed by atoms with Crippen molar-refractivity contribution in [3.8, 4) is 5.75 Å². The van der Waals surface area contributed by atoms with E-state index in [2.05, 4.69) is 26.9 Å². The van der Waals surface area contributed by atoms with Gasteiger partial charge in [-0.25, -0.2) is 0 Å². The van der Waals surface area contributed by atoms with Gasteiger partial charge in [-0.2, -0.15) is 0 Å². The first-order valence-electron chi connectivity index (χ1n) is 5.99. The van der Waals surface area contributed by atoms with E-state index in [1.54, 1.807) is 7.11 Å². The summed E-state index contributed by atoms with van der Waals surface area (Å²) in [6.07, 6.45) is -0.455. The Labute approximate surface area is 116 Å². The van der Waals surface area contributed by atoms with Gasteiger partial charge in [0.2, 0.25) is 0 Å². The molecule has 0 saturated carbocycles. The molecule has 1 N–H and O–H groups in total. The number of fused-ring (bicyclic) bond motifs is 1. The minimum Gasteiger partial charge on any atom is -0.492 e. The van der Waals surface area contributed by atoms with E-state index in [1.807, 2.05) is 12.1 Å². The standard InChI is InChI=1S/C13H18BrNO3/c1-17-9-12(16)8-15-4-5-18-13-3-2-11(14)6-10(13)7-15/h2-3,6,12,16H,4-5,7-9H2,1H3/t12-/m0/s1. The van der Waals surface area contributed by atoms with Crippen LogP contribution in [0.5, 0.6) is 5.75 Å². The molecule has 1 aliphatic heterocycles. The SMILES string of the molecule is COC[C@@H](O)CN1CCOc2ccc(Br)cc2C1. The third-order valence-corrected chi connectivity index (χ3v) is 3.40. The maximum absolute atomic E-state index is 9.78. The van der Waals surface area contributed by atoms with E-state index in [4.69, 9.17) is 9.47 Å². The second-order valence-corrected chi connectivity index (χ2v) is 5.36. The molecule has 1 aromatic rings. The lowest BCUT2D eigenvalue weighted by atomic mass is 10.2. The van der Waals surface area contributed by atoms with Crippen LogP contribution in [0.4, 0.5) is 0 Å². The molecule has 18 heavy (non-hydrogen) atoms. The Balaban J connectivity index is 2.03. The van der Waals surface area contributed by atoms with Crippen LogP contribution < -0.4 is 4.74 Å². The predicted octanol–water partition coefficient (Wildman–Crippen LogP) is 1.65. The van der Waals surface area contributed by atoms with Gasteiger partial charge in [-0.1, -0.05) is 15.9 Å². The molecule has 0 saturated heterocycles. The molecule has 0 radical (unpaired) electrons. The topological polar surface area (TPSA) is 41.9 Å². The second kappa shape index (κ2) is 6.52. The molecule has 100 valence electrons. The number of benzene rings is 1. The molecule has 0 spiro atoms. The first kappa shape index (κ1) is 13.8. The summed E-state index contributed by atoms with van der Waals surface area (Å²) >= 11 is 3.47. The van der Waals surface area contributed by atoms with E-state index >= 15 is 0 Å². The lowest BCUT2D eigenvalue weighted by Crippen LogP contribution is -2.35. The number of hydrogen-bond donors (Lipinski definition) is 1. The average molecular weight is 316 g/mol. The van der Waals surface area contributed by atoms with Crippen LogP contribution in [-0.4, -0.2) is 49.5 Å². The highest BCUT2D eigenvalue weighted by Crippen LogP contribution is 2.26. The van der Waals surface area contributed by atoms with Gasteiger partial charge in [-0.05, 0) is 18.2 Å². The third-order valence-electron chi connectivity index (χ3n) is 2.91. The number of halogens is 1. The second-order valence-electron chi connectivity index (χ2n) is 4.44. The van der Waals surface area contributed by atoms with Crippen molar-refractivity contribution in [3.05, 3.63) is 28.2 Å². The molecule has 0 unspecified atom stereocenters. The summed E-state index contributed by atoms with van der Waals surface area (Å²) < 4.78 is 11.7. The van der Waals surface area contributed by atoms with Crippen molar-refractivity contribution in [2.24, 2.45) is 0 Å². The van der Waals surface area contributed by atoms with E-state index in [9.17, 15) is 5.11 Å². The van der Waals surface area contributed by atoms with E-state index in [0.29, 0.717) is 19.8 Å². The highest BCUT2D eigenvalue weighted by molar-refractivity contribution is 9.10. The van der Waals surface area contributed by atoms with E-state index < -0.39 is 6.10 Å². The van der Waals surface area contributed by atoms with Crippen molar-refractivity contribution in [1.29, 1.82) is 0 Å². The van der Waals surface area contributed by atoms with Gasteiger partial charge in [0.1, 0.15) is 12.4 Å². The molecule has 0 aliphatic carbocycles. The molecule has 0 bridgehead atoms. The Kier molecular flexibility index (Phi) is 5.00. The van der Waals surface area contributed by atoms with Crippen molar-refractivity contribution >= 4 is 15.9 Å². The van der Waals surface area contributed by atoms with Crippen LogP contribution >= 0.6 is 15.9 Å². The van der Waals surface area contributed by atoms with Crippen molar-refractivity contribution in [2.45, 2.75) is 12.6 Å². The maximum atomic E-state index is 9.78. The van der Waals surface area contributed by atoms with Crippen LogP contribution in [0.15, 0.2) is 22.7 Å². The minimum atomic E-state index is -0.455. The Hall–Kier alpha value is -0.620. The van der Waals surface area contributed by atoms with E-state index in [0.717, 1.165) is 28.9 Å². The van der Waals surface area contributed by atoms with Crippen molar-refractivity contribution in [3.63, 3.8) is 0 Å². The van der Waals surface area contributed by atoms with Crippen LogP contribution in [0, 0.1) is 0 Å². The Morgan fingerprint density at radius 2 is 2.39 bits per heavy atom. The summed E-state index contributed by atoms with van der Waals surface area (Å²) in [5.41, 5.74) is 1.14. The Morgan fingerprint density at radius 3 is 3.17 bits per heavy atom. The Bertz CT molecular complexity index is 400. The minimum absolute atomic E-state index is 0.364. The van der Waals surface area contributed by atoms with Crippen LogP contribution in [0.25, 0.3) is 0 Å². The number of β-amino-alcohol motifs (C(OH)–C–C–N with tert-alkyl or cyclic N) is 1. The van der Waals surface area contributed by atoms with Crippen LogP contribution in [0.1, 0.15) is 5.56 Å². The first-order chi connectivity index (χ1) is 8.69. The van der Waals surface area contributed by atoms with Crippen molar-refractivity contribution < 1.29 is 14.6 Å². The monoisotopic (exact) mass is 315 g/mol. The van der Waals surface area contributed by atoms with Gasteiger partial charge in [0.15, 0.2) is 0 Å². The lowest BCUT2D eigenvalue weighted by Gasteiger charge is -2.22. The number of rotatable bonds is 4. The fourth-order valence-electron chi connectivity index (χ4n) is 2.12. The fraction of sp³-hybridized carbons (Fsp3) is 0.538. The Morgan fingerprint density at radius 1 is 1.56 bits per heavy atom. The molecule has 0 aromatic heterocycles. The molecule has 1 aromatic carbocycles. The van der Waals surface area contributed by atoms with Crippen LogP contribution in [0.3, 0.4) is 0 Å². The zero-order valence-corrected chi connectivity index (χ0v) is 12.0. The van der Waals surface area contributed by atoms with Gasteiger partial charge in [0, 0.05) is 36.8 Å². The van der Waals surface area contributed by atoms with Gasteiger partial charge < -0.3 is 14.6 Å². The van der Waals surface area contributed by atoms with Gasteiger partial charge >= 0.3 is 0 Å². The molecular formula is C13H18BrNO3. The molecule has 4 nitrogen and oxygen atoms in total. The first-order valence-corrected chi connectivity index (χ1v) is 6.79. The molecule has 5 heteroatoms. The maximum Gasteiger partial charge on any atom is 0.123 e. The number of hydrogen-bond acceptors (Lipinski definition) is 4. The number of nitrogens with zero attached hydrogens (tertiary/aromatic N) is 1. The number of aliphatic hydroxyl groups is 1. The van der Waals surface area contributed by atoms with Crippen molar-refractivity contribution in [2.75, 3.05) is 33.4 Å². The molecular weight excluding hydrogens is 298 g/mol. The van der Waals surface area contributed by atoms with Gasteiger partial charge in [-0.3, -0.25) is 4.90 Å². The largest absolute Gasteiger partial charge is 0.492 e. The average Bonchev–Trinajstić information content (AvgIpc) is 2.50. The third kappa shape index (κ3) is 3.68. The summed E-state index contributed by atoms with van der Waals surface area (Å²) in [5.74, 6) is 0.932.